The number of hydrogen-bond donors (Lipinski definition) is 1. The number of benzene rings is 1. The van der Waals surface area contributed by atoms with Gasteiger partial charge < -0.3 is 14.8 Å². The van der Waals surface area contributed by atoms with Crippen LogP contribution in [-0.2, 0) is 0 Å². The highest BCUT2D eigenvalue weighted by Gasteiger charge is 2.38. The minimum Gasteiger partial charge on any atom is -0.326 e. The molecule has 3 aromatic heterocycles. The van der Waals surface area contributed by atoms with Gasteiger partial charge in [0.25, 0.3) is 5.91 Å². The third kappa shape index (κ3) is 4.65. The Morgan fingerprint density at radius 3 is 2.47 bits per heavy atom. The highest BCUT2D eigenvalue weighted by atomic mass is 32.1. The summed E-state index contributed by atoms with van der Waals surface area (Å²) in [6.07, 6.45) is 8.61. The van der Waals surface area contributed by atoms with Crippen LogP contribution in [0.5, 0.6) is 0 Å². The molecule has 9 heteroatoms. The van der Waals surface area contributed by atoms with E-state index in [0.29, 0.717) is 40.2 Å². The Kier molecular flexibility index (Phi) is 6.57. The molecule has 7 nitrogen and oxygen atoms in total. The number of amides is 1. The molecule has 4 aromatic rings. The number of aromatic nitrogens is 4. The van der Waals surface area contributed by atoms with Gasteiger partial charge in [-0.15, -0.1) is 11.3 Å². The minimum absolute atomic E-state index is 0.135. The van der Waals surface area contributed by atoms with Crippen molar-refractivity contribution < 1.29 is 9.18 Å². The SMILES string of the molecule is CC(C)n1cnc(-c2ccc(F)cc2)c1-c1nc(C(=O)Nc2ccc(C3CC4CCC(C3)N4C)cn2)cs1. The molecule has 2 aliphatic rings. The number of thiazole rings is 1. The summed E-state index contributed by atoms with van der Waals surface area (Å²) in [5.41, 5.74) is 3.89. The number of carbonyl (C=O) groups excluding carboxylic acids is 1. The smallest absolute Gasteiger partial charge is 0.276 e. The maximum atomic E-state index is 13.5. The van der Waals surface area contributed by atoms with Gasteiger partial charge in [-0.2, -0.15) is 0 Å². The second-order valence-corrected chi connectivity index (χ2v) is 11.5. The summed E-state index contributed by atoms with van der Waals surface area (Å²) >= 11 is 1.39. The molecule has 6 rings (SSSR count). The van der Waals surface area contributed by atoms with Crippen LogP contribution >= 0.6 is 11.3 Å². The van der Waals surface area contributed by atoms with Gasteiger partial charge in [0, 0.05) is 35.3 Å². The van der Waals surface area contributed by atoms with Crippen molar-refractivity contribution in [3.8, 4) is 22.0 Å². The van der Waals surface area contributed by atoms with Gasteiger partial charge in [-0.05, 0) is 88.4 Å². The largest absolute Gasteiger partial charge is 0.326 e. The Labute approximate surface area is 225 Å². The van der Waals surface area contributed by atoms with Crippen LogP contribution in [0.15, 0.2) is 54.3 Å². The molecule has 1 amide bonds. The first kappa shape index (κ1) is 24.9. The zero-order chi connectivity index (χ0) is 26.4. The number of fused-ring (bicyclic) bond motifs is 2. The van der Waals surface area contributed by atoms with Crippen molar-refractivity contribution >= 4 is 23.1 Å². The minimum atomic E-state index is -0.302. The molecule has 2 fully saturated rings. The van der Waals surface area contributed by atoms with Crippen LogP contribution in [0, 0.1) is 5.82 Å². The number of halogens is 1. The molecule has 0 radical (unpaired) electrons. The summed E-state index contributed by atoms with van der Waals surface area (Å²) in [6, 6.07) is 11.7. The van der Waals surface area contributed by atoms with Gasteiger partial charge in [-0.3, -0.25) is 4.79 Å². The maximum Gasteiger partial charge on any atom is 0.276 e. The number of rotatable bonds is 6. The number of carbonyl (C=O) groups is 1. The molecule has 1 aromatic carbocycles. The number of nitrogens with one attached hydrogen (secondary N) is 1. The van der Waals surface area contributed by atoms with E-state index in [0.717, 1.165) is 11.3 Å². The van der Waals surface area contributed by atoms with Crippen LogP contribution in [0.4, 0.5) is 10.2 Å². The van der Waals surface area contributed by atoms with E-state index in [4.69, 9.17) is 0 Å². The average Bonchev–Trinajstić information content (AvgIpc) is 3.61. The van der Waals surface area contributed by atoms with Gasteiger partial charge in [-0.1, -0.05) is 6.07 Å². The molecular weight excluding hydrogens is 499 g/mol. The van der Waals surface area contributed by atoms with E-state index in [-0.39, 0.29) is 17.8 Å². The lowest BCUT2D eigenvalue weighted by Crippen LogP contribution is -2.39. The molecule has 0 aliphatic carbocycles. The van der Waals surface area contributed by atoms with E-state index in [1.165, 1.54) is 54.7 Å². The van der Waals surface area contributed by atoms with Gasteiger partial charge in [-0.25, -0.2) is 19.3 Å². The average molecular weight is 531 g/mol. The van der Waals surface area contributed by atoms with Crippen LogP contribution in [-0.4, -0.2) is 49.5 Å². The maximum absolute atomic E-state index is 13.5. The van der Waals surface area contributed by atoms with E-state index >= 15 is 0 Å². The fourth-order valence-corrected chi connectivity index (χ4v) is 6.70. The summed E-state index contributed by atoms with van der Waals surface area (Å²) < 4.78 is 15.5. The van der Waals surface area contributed by atoms with Gasteiger partial charge in [0.05, 0.1) is 12.0 Å². The Hall–Kier alpha value is -3.43. The third-order valence-corrected chi connectivity index (χ3v) is 8.85. The Bertz CT molecular complexity index is 1430. The number of piperidine rings is 1. The molecular formula is C29H31FN6OS. The van der Waals surface area contributed by atoms with Crippen LogP contribution in [0.1, 0.15) is 67.5 Å². The lowest BCUT2D eigenvalue weighted by molar-refractivity contribution is 0.102. The van der Waals surface area contributed by atoms with E-state index < -0.39 is 0 Å². The van der Waals surface area contributed by atoms with Crippen LogP contribution in [0.2, 0.25) is 0 Å². The molecule has 2 atom stereocenters. The van der Waals surface area contributed by atoms with Gasteiger partial charge in [0.15, 0.2) is 0 Å². The van der Waals surface area contributed by atoms with Crippen molar-refractivity contribution in [3.63, 3.8) is 0 Å². The van der Waals surface area contributed by atoms with Crippen molar-refractivity contribution in [2.75, 3.05) is 12.4 Å². The van der Waals surface area contributed by atoms with E-state index in [9.17, 15) is 9.18 Å². The first-order valence-electron chi connectivity index (χ1n) is 13.1. The monoisotopic (exact) mass is 530 g/mol. The fourth-order valence-electron chi connectivity index (χ4n) is 5.85. The number of imidazole rings is 1. The van der Waals surface area contributed by atoms with Crippen LogP contribution in [0.25, 0.3) is 22.0 Å². The third-order valence-electron chi connectivity index (χ3n) is 8.00. The summed E-state index contributed by atoms with van der Waals surface area (Å²) in [5.74, 6) is 0.447. The lowest BCUT2D eigenvalue weighted by Gasteiger charge is -2.36. The summed E-state index contributed by atoms with van der Waals surface area (Å²) in [5, 5.41) is 5.33. The molecule has 2 aliphatic heterocycles. The second kappa shape index (κ2) is 10.0. The fraction of sp³-hybridized carbons (Fsp3) is 0.379. The molecule has 0 spiro atoms. The topological polar surface area (TPSA) is 75.9 Å². The number of nitrogens with zero attached hydrogens (tertiary/aromatic N) is 5. The molecule has 1 N–H and O–H groups in total. The summed E-state index contributed by atoms with van der Waals surface area (Å²) in [6.45, 7) is 4.12. The highest BCUT2D eigenvalue weighted by Crippen LogP contribution is 2.42. The molecule has 38 heavy (non-hydrogen) atoms. The van der Waals surface area contributed by atoms with E-state index in [1.807, 2.05) is 16.8 Å². The van der Waals surface area contributed by atoms with Crippen molar-refractivity contribution in [2.24, 2.45) is 0 Å². The first-order chi connectivity index (χ1) is 18.4. The molecule has 2 bridgehead atoms. The van der Waals surface area contributed by atoms with Gasteiger partial charge >= 0.3 is 0 Å². The molecule has 196 valence electrons. The molecule has 2 saturated heterocycles. The van der Waals surface area contributed by atoms with E-state index in [1.54, 1.807) is 23.8 Å². The Balaban J connectivity index is 1.19. The number of pyridine rings is 1. The van der Waals surface area contributed by atoms with E-state index in [2.05, 4.69) is 52.1 Å². The van der Waals surface area contributed by atoms with Crippen molar-refractivity contribution in [3.05, 3.63) is 71.4 Å². The van der Waals surface area contributed by atoms with Gasteiger partial charge in [0.2, 0.25) is 0 Å². The Morgan fingerprint density at radius 2 is 1.82 bits per heavy atom. The zero-order valence-corrected chi connectivity index (χ0v) is 22.6. The summed E-state index contributed by atoms with van der Waals surface area (Å²) in [4.78, 5) is 29.4. The molecule has 5 heterocycles. The van der Waals surface area contributed by atoms with Gasteiger partial charge in [0.1, 0.15) is 28.0 Å². The second-order valence-electron chi connectivity index (χ2n) is 10.6. The van der Waals surface area contributed by atoms with Crippen LogP contribution < -0.4 is 5.32 Å². The lowest BCUT2D eigenvalue weighted by atomic mass is 9.86. The standard InChI is InChI=1S/C29H31FN6OS/c1-17(2)36-16-32-26(18-4-7-21(30)8-5-18)27(36)29-33-24(15-38-29)28(37)34-25-11-6-19(14-31-25)20-12-22-9-10-23(13-20)35(22)3/h4-8,11,14-17,20,22-23H,9-10,12-13H2,1-3H3,(H,31,34,37). The molecule has 2 unspecified atom stereocenters. The predicted molar refractivity (Wildman–Crippen MR) is 148 cm³/mol. The zero-order valence-electron chi connectivity index (χ0n) is 21.8. The highest BCUT2D eigenvalue weighted by molar-refractivity contribution is 7.13. The number of hydrogen-bond acceptors (Lipinski definition) is 6. The normalized spacial score (nSPS) is 21.2. The first-order valence-corrected chi connectivity index (χ1v) is 14.0. The van der Waals surface area contributed by atoms with Crippen molar-refractivity contribution in [2.45, 2.75) is 63.6 Å². The van der Waals surface area contributed by atoms with Crippen molar-refractivity contribution in [1.82, 2.24) is 24.4 Å². The quantitative estimate of drug-likeness (QED) is 0.313. The Morgan fingerprint density at radius 1 is 1.08 bits per heavy atom. The summed E-state index contributed by atoms with van der Waals surface area (Å²) in [7, 11) is 2.25. The number of anilines is 1. The molecule has 0 saturated carbocycles. The van der Waals surface area contributed by atoms with Crippen LogP contribution in [0.3, 0.4) is 0 Å². The predicted octanol–water partition coefficient (Wildman–Crippen LogP) is 6.38. The van der Waals surface area contributed by atoms with Crippen molar-refractivity contribution in [1.29, 1.82) is 0 Å².